The van der Waals surface area contributed by atoms with E-state index in [1.807, 2.05) is 0 Å². The zero-order chi connectivity index (χ0) is 18.6. The fourth-order valence-electron chi connectivity index (χ4n) is 2.06. The minimum atomic E-state index is -4.70. The molecule has 0 N–H and O–H groups in total. The first-order valence-corrected chi connectivity index (χ1v) is 6.92. The van der Waals surface area contributed by atoms with Gasteiger partial charge >= 0.3 is 18.1 Å². The Balaban J connectivity index is 2.35. The van der Waals surface area contributed by atoms with Crippen molar-refractivity contribution >= 4 is 11.9 Å². The van der Waals surface area contributed by atoms with E-state index in [1.54, 1.807) is 0 Å². The lowest BCUT2D eigenvalue weighted by Gasteiger charge is -2.13. The second kappa shape index (κ2) is 7.25. The van der Waals surface area contributed by atoms with Crippen LogP contribution in [0.2, 0.25) is 0 Å². The van der Waals surface area contributed by atoms with Gasteiger partial charge in [0.2, 0.25) is 0 Å². The largest absolute Gasteiger partial charge is 0.493 e. The highest BCUT2D eigenvalue weighted by atomic mass is 19.4. The Bertz CT molecular complexity index is 799. The number of benzene rings is 2. The van der Waals surface area contributed by atoms with E-state index < -0.39 is 29.2 Å². The van der Waals surface area contributed by atoms with Crippen molar-refractivity contribution in [2.45, 2.75) is 6.18 Å². The molecular formula is C17H13F3O5. The van der Waals surface area contributed by atoms with Crippen LogP contribution >= 0.6 is 0 Å². The highest BCUT2D eigenvalue weighted by Crippen LogP contribution is 2.34. The molecule has 2 rings (SSSR count). The second-order valence-electron chi connectivity index (χ2n) is 4.79. The van der Waals surface area contributed by atoms with Crippen molar-refractivity contribution in [3.63, 3.8) is 0 Å². The maximum absolute atomic E-state index is 13.0. The summed E-state index contributed by atoms with van der Waals surface area (Å²) in [4.78, 5) is 23.6. The minimum Gasteiger partial charge on any atom is -0.493 e. The highest BCUT2D eigenvalue weighted by molar-refractivity contribution is 5.94. The Morgan fingerprint density at radius 2 is 1.60 bits per heavy atom. The molecule has 0 aliphatic rings. The average Bonchev–Trinajstić information content (AvgIpc) is 2.60. The number of hydrogen-bond donors (Lipinski definition) is 0. The summed E-state index contributed by atoms with van der Waals surface area (Å²) in [6.45, 7) is 0. The van der Waals surface area contributed by atoms with Gasteiger partial charge in [-0.15, -0.1) is 0 Å². The van der Waals surface area contributed by atoms with Gasteiger partial charge in [-0.25, -0.2) is 9.59 Å². The average molecular weight is 354 g/mol. The van der Waals surface area contributed by atoms with Gasteiger partial charge in [-0.1, -0.05) is 12.1 Å². The van der Waals surface area contributed by atoms with Crippen molar-refractivity contribution in [1.29, 1.82) is 0 Å². The molecule has 5 nitrogen and oxygen atoms in total. The molecule has 0 atom stereocenters. The van der Waals surface area contributed by atoms with Crippen molar-refractivity contribution in [3.8, 4) is 11.5 Å². The molecule has 0 aliphatic carbocycles. The summed E-state index contributed by atoms with van der Waals surface area (Å²) in [5.74, 6) is -1.96. The minimum absolute atomic E-state index is 0.000685. The zero-order valence-electron chi connectivity index (χ0n) is 13.2. The summed E-state index contributed by atoms with van der Waals surface area (Å²) in [5.41, 5.74) is -1.60. The molecule has 132 valence electrons. The van der Waals surface area contributed by atoms with Crippen LogP contribution in [0.1, 0.15) is 26.3 Å². The van der Waals surface area contributed by atoms with Crippen LogP contribution in [0.3, 0.4) is 0 Å². The van der Waals surface area contributed by atoms with Crippen LogP contribution in [0.5, 0.6) is 11.5 Å². The normalized spacial score (nSPS) is 10.9. The van der Waals surface area contributed by atoms with Crippen LogP contribution in [-0.4, -0.2) is 26.2 Å². The topological polar surface area (TPSA) is 61.8 Å². The molecular weight excluding hydrogens is 341 g/mol. The number of rotatable bonds is 4. The quantitative estimate of drug-likeness (QED) is 0.619. The van der Waals surface area contributed by atoms with E-state index >= 15 is 0 Å². The fourth-order valence-corrected chi connectivity index (χ4v) is 2.06. The van der Waals surface area contributed by atoms with E-state index in [0.29, 0.717) is 0 Å². The predicted molar refractivity (Wildman–Crippen MR) is 80.7 cm³/mol. The smallest absolute Gasteiger partial charge is 0.417 e. The van der Waals surface area contributed by atoms with Gasteiger partial charge in [0.05, 0.1) is 30.9 Å². The summed E-state index contributed by atoms with van der Waals surface area (Å²) >= 11 is 0. The molecule has 0 heterocycles. The van der Waals surface area contributed by atoms with Crippen LogP contribution in [0.15, 0.2) is 42.5 Å². The molecule has 0 aromatic heterocycles. The molecule has 25 heavy (non-hydrogen) atoms. The number of carbonyl (C=O) groups is 2. The fraction of sp³-hybridized carbons (Fsp3) is 0.176. The third-order valence-corrected chi connectivity index (χ3v) is 3.24. The van der Waals surface area contributed by atoms with E-state index in [9.17, 15) is 22.8 Å². The molecule has 0 bridgehead atoms. The number of ether oxygens (including phenoxy) is 3. The Morgan fingerprint density at radius 1 is 0.920 bits per heavy atom. The molecule has 8 heteroatoms. The standard InChI is InChI=1S/C17H13F3O5/c1-23-14-9-10(15(21)24-2)7-8-13(14)25-16(22)11-5-3-4-6-12(11)17(18,19)20/h3-9H,1-2H3. The van der Waals surface area contributed by atoms with Crippen LogP contribution in [-0.2, 0) is 10.9 Å². The van der Waals surface area contributed by atoms with Gasteiger partial charge in [-0.2, -0.15) is 13.2 Å². The maximum Gasteiger partial charge on any atom is 0.417 e. The lowest BCUT2D eigenvalue weighted by molar-refractivity contribution is -0.138. The number of alkyl halides is 3. The zero-order valence-corrected chi connectivity index (χ0v) is 13.2. The van der Waals surface area contributed by atoms with Crippen LogP contribution < -0.4 is 9.47 Å². The predicted octanol–water partition coefficient (Wildman–Crippen LogP) is 3.72. The number of halogens is 3. The van der Waals surface area contributed by atoms with Crippen molar-refractivity contribution in [1.82, 2.24) is 0 Å². The van der Waals surface area contributed by atoms with E-state index in [0.717, 1.165) is 12.1 Å². The lowest BCUT2D eigenvalue weighted by Crippen LogP contribution is -2.17. The van der Waals surface area contributed by atoms with Crippen LogP contribution in [0.25, 0.3) is 0 Å². The monoisotopic (exact) mass is 354 g/mol. The Morgan fingerprint density at radius 3 is 2.20 bits per heavy atom. The first-order valence-electron chi connectivity index (χ1n) is 6.92. The summed E-state index contributed by atoms with van der Waals surface area (Å²) in [5, 5.41) is 0. The number of carbonyl (C=O) groups excluding carboxylic acids is 2. The van der Waals surface area contributed by atoms with Gasteiger partial charge in [-0.3, -0.25) is 0 Å². The molecule has 0 saturated carbocycles. The second-order valence-corrected chi connectivity index (χ2v) is 4.79. The van der Waals surface area contributed by atoms with Gasteiger partial charge in [0.1, 0.15) is 0 Å². The van der Waals surface area contributed by atoms with Gasteiger partial charge in [0.25, 0.3) is 0 Å². The molecule has 0 unspecified atom stereocenters. The van der Waals surface area contributed by atoms with Crippen molar-refractivity contribution in [3.05, 3.63) is 59.2 Å². The summed E-state index contributed by atoms with van der Waals surface area (Å²) < 4.78 is 53.5. The lowest BCUT2D eigenvalue weighted by atomic mass is 10.1. The van der Waals surface area contributed by atoms with Crippen LogP contribution in [0, 0.1) is 0 Å². The first kappa shape index (κ1) is 18.3. The van der Waals surface area contributed by atoms with Gasteiger partial charge in [0.15, 0.2) is 11.5 Å². The molecule has 0 spiro atoms. The van der Waals surface area contributed by atoms with E-state index in [1.165, 1.54) is 44.6 Å². The Kier molecular flexibility index (Phi) is 5.31. The van der Waals surface area contributed by atoms with E-state index in [-0.39, 0.29) is 17.1 Å². The molecule has 2 aromatic rings. The molecule has 0 amide bonds. The summed E-state index contributed by atoms with van der Waals surface area (Å²) in [7, 11) is 2.45. The van der Waals surface area contributed by atoms with Gasteiger partial charge in [-0.05, 0) is 30.3 Å². The maximum atomic E-state index is 13.0. The number of methoxy groups -OCH3 is 2. The molecule has 0 radical (unpaired) electrons. The van der Waals surface area contributed by atoms with Crippen LogP contribution in [0.4, 0.5) is 13.2 Å². The SMILES string of the molecule is COC(=O)c1ccc(OC(=O)c2ccccc2C(F)(F)F)c(OC)c1. The number of hydrogen-bond acceptors (Lipinski definition) is 5. The Labute approximate surface area is 140 Å². The van der Waals surface area contributed by atoms with Crippen molar-refractivity contribution in [2.24, 2.45) is 0 Å². The van der Waals surface area contributed by atoms with Crippen molar-refractivity contribution < 1.29 is 37.0 Å². The van der Waals surface area contributed by atoms with E-state index in [2.05, 4.69) is 4.74 Å². The Hall–Kier alpha value is -3.03. The van der Waals surface area contributed by atoms with Gasteiger partial charge < -0.3 is 14.2 Å². The molecule has 0 saturated heterocycles. The third kappa shape index (κ3) is 4.09. The third-order valence-electron chi connectivity index (χ3n) is 3.24. The summed E-state index contributed by atoms with van der Waals surface area (Å²) in [6.07, 6.45) is -4.70. The van der Waals surface area contributed by atoms with E-state index in [4.69, 9.17) is 9.47 Å². The van der Waals surface area contributed by atoms with Gasteiger partial charge in [0, 0.05) is 0 Å². The molecule has 2 aromatic carbocycles. The first-order chi connectivity index (χ1) is 11.8. The molecule has 0 aliphatic heterocycles. The number of esters is 2. The summed E-state index contributed by atoms with van der Waals surface area (Å²) in [6, 6.07) is 8.05. The highest BCUT2D eigenvalue weighted by Gasteiger charge is 2.35. The molecule has 0 fully saturated rings. The van der Waals surface area contributed by atoms with Crippen molar-refractivity contribution in [2.75, 3.05) is 14.2 Å².